The maximum atomic E-state index is 14.0. The number of nitrogens with one attached hydrogen (secondary N) is 2. The van der Waals surface area contributed by atoms with E-state index >= 15 is 0 Å². The maximum absolute atomic E-state index is 14.0. The number of aryl methyl sites for hydroxylation is 1. The topological polar surface area (TPSA) is 49.0 Å². The van der Waals surface area contributed by atoms with Gasteiger partial charge >= 0.3 is 0 Å². The van der Waals surface area contributed by atoms with Crippen molar-refractivity contribution >= 4 is 22.2 Å². The lowest BCUT2D eigenvalue weighted by Crippen LogP contribution is -2.31. The van der Waals surface area contributed by atoms with Gasteiger partial charge < -0.3 is 15.1 Å². The summed E-state index contributed by atoms with van der Waals surface area (Å²) in [6.07, 6.45) is 2.21. The number of benzene rings is 3. The zero-order chi connectivity index (χ0) is 21.2. The Labute approximate surface area is 174 Å². The SMILES string of the molecule is CC1=CC(C)(C)Nc2ccc3c(-c4ccc(F)c(C)c4)c4ccc(=N)cc-4oc3c21. The molecule has 0 saturated heterocycles. The van der Waals surface area contributed by atoms with Crippen molar-refractivity contribution in [3.8, 4) is 22.5 Å². The predicted molar refractivity (Wildman–Crippen MR) is 120 cm³/mol. The van der Waals surface area contributed by atoms with Crippen LogP contribution in [0.5, 0.6) is 0 Å². The van der Waals surface area contributed by atoms with Gasteiger partial charge in [-0.05, 0) is 80.8 Å². The molecule has 4 heteroatoms. The average Bonchev–Trinajstić information content (AvgIpc) is 2.66. The molecule has 0 atom stereocenters. The molecule has 2 aliphatic heterocycles. The summed E-state index contributed by atoms with van der Waals surface area (Å²) in [4.78, 5) is 0. The standard InChI is InChI=1S/C26H23FN2O/c1-14-11-16(5-9-20(14)27)24-18-7-6-17(28)12-22(18)30-25-19(24)8-10-21-23(25)15(2)13-26(3,4)29-21/h5-13,28-29H,1-4H3. The monoisotopic (exact) mass is 398 g/mol. The first kappa shape index (κ1) is 18.6. The highest BCUT2D eigenvalue weighted by atomic mass is 19.1. The minimum absolute atomic E-state index is 0.146. The van der Waals surface area contributed by atoms with Crippen molar-refractivity contribution in [3.05, 3.63) is 76.9 Å². The van der Waals surface area contributed by atoms with Crippen molar-refractivity contribution in [1.82, 2.24) is 0 Å². The van der Waals surface area contributed by atoms with Crippen LogP contribution in [-0.2, 0) is 0 Å². The quantitative estimate of drug-likeness (QED) is 0.349. The molecule has 0 unspecified atom stereocenters. The fourth-order valence-corrected chi connectivity index (χ4v) is 4.56. The van der Waals surface area contributed by atoms with Crippen LogP contribution in [0.15, 0.2) is 59.0 Å². The van der Waals surface area contributed by atoms with E-state index in [4.69, 9.17) is 9.83 Å². The van der Waals surface area contributed by atoms with E-state index in [9.17, 15) is 4.39 Å². The van der Waals surface area contributed by atoms with Crippen LogP contribution >= 0.6 is 0 Å². The van der Waals surface area contributed by atoms with Crippen molar-refractivity contribution in [2.45, 2.75) is 33.2 Å². The minimum Gasteiger partial charge on any atom is -0.455 e. The lowest BCUT2D eigenvalue weighted by Gasteiger charge is -2.32. The number of anilines is 1. The van der Waals surface area contributed by atoms with Gasteiger partial charge in [0.05, 0.1) is 10.9 Å². The van der Waals surface area contributed by atoms with Gasteiger partial charge in [0.25, 0.3) is 0 Å². The number of fused-ring (bicyclic) bond motifs is 4. The summed E-state index contributed by atoms with van der Waals surface area (Å²) >= 11 is 0. The third-order valence-electron chi connectivity index (χ3n) is 5.77. The average molecular weight is 398 g/mol. The van der Waals surface area contributed by atoms with E-state index < -0.39 is 0 Å². The van der Waals surface area contributed by atoms with Gasteiger partial charge in [0, 0.05) is 33.8 Å². The second-order valence-corrected chi connectivity index (χ2v) is 8.69. The summed E-state index contributed by atoms with van der Waals surface area (Å²) in [6, 6.07) is 14.8. The van der Waals surface area contributed by atoms with Crippen molar-refractivity contribution in [2.24, 2.45) is 0 Å². The van der Waals surface area contributed by atoms with Crippen molar-refractivity contribution in [1.29, 1.82) is 5.41 Å². The molecule has 0 saturated carbocycles. The Bertz CT molecular complexity index is 1390. The molecule has 30 heavy (non-hydrogen) atoms. The van der Waals surface area contributed by atoms with Gasteiger partial charge in [-0.1, -0.05) is 12.1 Å². The fourth-order valence-electron chi connectivity index (χ4n) is 4.56. The molecule has 2 aromatic carbocycles. The van der Waals surface area contributed by atoms with Crippen LogP contribution in [0.3, 0.4) is 0 Å². The molecule has 0 amide bonds. The Morgan fingerprint density at radius 2 is 1.77 bits per heavy atom. The highest BCUT2D eigenvalue weighted by Gasteiger charge is 2.27. The molecule has 2 heterocycles. The van der Waals surface area contributed by atoms with Crippen LogP contribution in [0, 0.1) is 18.2 Å². The highest BCUT2D eigenvalue weighted by molar-refractivity contribution is 6.07. The van der Waals surface area contributed by atoms with E-state index in [1.165, 1.54) is 6.07 Å². The summed E-state index contributed by atoms with van der Waals surface area (Å²) in [6.45, 7) is 8.16. The molecule has 1 aliphatic carbocycles. The van der Waals surface area contributed by atoms with Crippen LogP contribution in [-0.4, -0.2) is 5.54 Å². The van der Waals surface area contributed by atoms with Gasteiger partial charge in [-0.3, -0.25) is 0 Å². The molecule has 0 fully saturated rings. The second-order valence-electron chi connectivity index (χ2n) is 8.69. The Morgan fingerprint density at radius 3 is 2.53 bits per heavy atom. The summed E-state index contributed by atoms with van der Waals surface area (Å²) in [7, 11) is 0. The third kappa shape index (κ3) is 2.83. The zero-order valence-electron chi connectivity index (χ0n) is 17.5. The first-order chi connectivity index (χ1) is 14.2. The Morgan fingerprint density at radius 1 is 0.967 bits per heavy atom. The van der Waals surface area contributed by atoms with E-state index in [1.807, 2.05) is 18.2 Å². The highest BCUT2D eigenvalue weighted by Crippen LogP contribution is 2.45. The lowest BCUT2D eigenvalue weighted by molar-refractivity contribution is 0.616. The van der Waals surface area contributed by atoms with Crippen molar-refractivity contribution in [3.63, 3.8) is 0 Å². The largest absolute Gasteiger partial charge is 0.455 e. The number of halogens is 1. The molecule has 2 N–H and O–H groups in total. The summed E-state index contributed by atoms with van der Waals surface area (Å²) in [5.41, 5.74) is 7.28. The lowest BCUT2D eigenvalue weighted by atomic mass is 9.87. The van der Waals surface area contributed by atoms with Gasteiger partial charge in [-0.2, -0.15) is 0 Å². The molecule has 0 radical (unpaired) electrons. The zero-order valence-corrected chi connectivity index (χ0v) is 17.5. The number of rotatable bonds is 1. The van der Waals surface area contributed by atoms with Crippen LogP contribution in [0.4, 0.5) is 10.1 Å². The van der Waals surface area contributed by atoms with Crippen molar-refractivity contribution < 1.29 is 8.81 Å². The van der Waals surface area contributed by atoms with E-state index in [1.54, 1.807) is 19.1 Å². The smallest absolute Gasteiger partial charge is 0.144 e. The molecule has 3 nitrogen and oxygen atoms in total. The van der Waals surface area contributed by atoms with Gasteiger partial charge in [0.2, 0.25) is 0 Å². The van der Waals surface area contributed by atoms with Gasteiger partial charge in [0.1, 0.15) is 17.2 Å². The van der Waals surface area contributed by atoms with Crippen molar-refractivity contribution in [2.75, 3.05) is 5.32 Å². The second kappa shape index (κ2) is 6.30. The molecule has 2 aromatic rings. The summed E-state index contributed by atoms with van der Waals surface area (Å²) < 4.78 is 20.4. The van der Waals surface area contributed by atoms with Crippen LogP contribution in [0.1, 0.15) is 31.9 Å². The van der Waals surface area contributed by atoms with E-state index in [-0.39, 0.29) is 11.4 Å². The Balaban J connectivity index is 1.94. The minimum atomic E-state index is -0.219. The number of hydrogen-bond acceptors (Lipinski definition) is 3. The molecular formula is C26H23FN2O. The molecule has 0 bridgehead atoms. The molecule has 5 rings (SSSR count). The van der Waals surface area contributed by atoms with Crippen LogP contribution < -0.4 is 10.7 Å². The first-order valence-corrected chi connectivity index (χ1v) is 10.1. The maximum Gasteiger partial charge on any atom is 0.144 e. The fraction of sp³-hybridized carbons (Fsp3) is 0.192. The Kier molecular flexibility index (Phi) is 3.91. The number of hydrogen-bond donors (Lipinski definition) is 2. The Hall–Kier alpha value is -3.40. The van der Waals surface area contributed by atoms with E-state index in [0.29, 0.717) is 16.7 Å². The van der Waals surface area contributed by atoms with Gasteiger partial charge in [-0.25, -0.2) is 4.39 Å². The molecule has 0 aromatic heterocycles. The first-order valence-electron chi connectivity index (χ1n) is 10.1. The van der Waals surface area contributed by atoms with Gasteiger partial charge in [-0.15, -0.1) is 0 Å². The predicted octanol–water partition coefficient (Wildman–Crippen LogP) is 6.74. The third-order valence-corrected chi connectivity index (χ3v) is 5.77. The van der Waals surface area contributed by atoms with E-state index in [0.717, 1.165) is 44.5 Å². The molecule has 150 valence electrons. The number of allylic oxidation sites excluding steroid dienone is 1. The van der Waals surface area contributed by atoms with Gasteiger partial charge in [0.15, 0.2) is 0 Å². The molecule has 0 spiro atoms. The summed E-state index contributed by atoms with van der Waals surface area (Å²) in [5, 5.41) is 13.0. The molecule has 3 aliphatic rings. The van der Waals surface area contributed by atoms with Crippen LogP contribution in [0.25, 0.3) is 39.0 Å². The van der Waals surface area contributed by atoms with Crippen LogP contribution in [0.2, 0.25) is 0 Å². The molecular weight excluding hydrogens is 375 g/mol. The normalized spacial score (nSPS) is 15.0. The van der Waals surface area contributed by atoms with E-state index in [2.05, 4.69) is 44.3 Å². The summed E-state index contributed by atoms with van der Waals surface area (Å²) in [5.74, 6) is 0.432.